The number of ether oxygens (including phenoxy) is 2. The Morgan fingerprint density at radius 2 is 2.09 bits per heavy atom. The lowest BCUT2D eigenvalue weighted by Gasteiger charge is -2.11. The van der Waals surface area contributed by atoms with Crippen LogP contribution in [0.1, 0.15) is 29.6 Å². The zero-order valence-corrected chi connectivity index (χ0v) is 14.6. The molecule has 0 aliphatic carbocycles. The molecule has 0 spiro atoms. The first-order valence-corrected chi connectivity index (χ1v) is 8.45. The molecule has 1 aromatic carbocycles. The molecule has 23 heavy (non-hydrogen) atoms. The van der Waals surface area contributed by atoms with E-state index >= 15 is 0 Å². The van der Waals surface area contributed by atoms with Crippen LogP contribution < -0.4 is 4.74 Å². The van der Waals surface area contributed by atoms with Crippen LogP contribution in [-0.4, -0.2) is 29.9 Å². The van der Waals surface area contributed by atoms with Crippen molar-refractivity contribution < 1.29 is 14.6 Å². The molecule has 0 saturated heterocycles. The predicted octanol–water partition coefficient (Wildman–Crippen LogP) is 3.83. The average Bonchev–Trinajstić information content (AvgIpc) is 2.96. The van der Waals surface area contributed by atoms with Crippen LogP contribution in [0.5, 0.6) is 5.75 Å². The number of benzene rings is 1. The second kappa shape index (κ2) is 8.82. The molecule has 2 aromatic rings. The van der Waals surface area contributed by atoms with Crippen LogP contribution in [0.4, 0.5) is 0 Å². The molecule has 1 aromatic heterocycles. The number of methoxy groups -OCH3 is 1. The van der Waals surface area contributed by atoms with Gasteiger partial charge in [0.05, 0.1) is 30.5 Å². The second-order valence-corrected chi connectivity index (χ2v) is 6.45. The van der Waals surface area contributed by atoms with Gasteiger partial charge < -0.3 is 14.6 Å². The maximum absolute atomic E-state index is 10.2. The van der Waals surface area contributed by atoms with Crippen molar-refractivity contribution in [1.82, 2.24) is 4.98 Å². The summed E-state index contributed by atoms with van der Waals surface area (Å²) in [6.07, 6.45) is 1.99. The van der Waals surface area contributed by atoms with E-state index in [0.29, 0.717) is 19.6 Å². The Kier molecular flexibility index (Phi) is 6.77. The number of aliphatic hydroxyl groups is 1. The third kappa shape index (κ3) is 5.78. The molecule has 124 valence electrons. The molecule has 0 saturated carbocycles. The van der Waals surface area contributed by atoms with Crippen LogP contribution in [0, 0.1) is 6.92 Å². The summed E-state index contributed by atoms with van der Waals surface area (Å²) in [7, 11) is 1.65. The summed E-state index contributed by atoms with van der Waals surface area (Å²) in [6, 6.07) is 7.78. The third-order valence-corrected chi connectivity index (χ3v) is 4.29. The van der Waals surface area contributed by atoms with Crippen molar-refractivity contribution in [3.63, 3.8) is 0 Å². The van der Waals surface area contributed by atoms with Crippen LogP contribution in [0.25, 0.3) is 6.08 Å². The van der Waals surface area contributed by atoms with Gasteiger partial charge in [0.15, 0.2) is 0 Å². The molecule has 0 amide bonds. The number of aliphatic hydroxyl groups excluding tert-OH is 1. The Morgan fingerprint density at radius 1 is 1.35 bits per heavy atom. The van der Waals surface area contributed by atoms with E-state index in [1.54, 1.807) is 18.4 Å². The number of hydrogen-bond donors (Lipinski definition) is 1. The van der Waals surface area contributed by atoms with E-state index in [4.69, 9.17) is 9.47 Å². The van der Waals surface area contributed by atoms with E-state index in [2.05, 4.69) is 4.98 Å². The van der Waals surface area contributed by atoms with Crippen molar-refractivity contribution in [2.75, 3.05) is 13.7 Å². The number of aromatic nitrogens is 1. The standard InChI is InChI=1S/C18H23NO3S/c1-13(10-16-12-23-14(2)19-16)18(20)8-9-22-11-15-4-6-17(21-3)7-5-15/h4-7,10,12,18,20H,8-9,11H2,1-3H3/b13-10+/t18-/m0/s1. The van der Waals surface area contributed by atoms with E-state index in [9.17, 15) is 5.11 Å². The first-order valence-electron chi connectivity index (χ1n) is 7.57. The first-order chi connectivity index (χ1) is 11.1. The minimum atomic E-state index is -0.507. The van der Waals surface area contributed by atoms with Gasteiger partial charge in [-0.05, 0) is 43.2 Å². The highest BCUT2D eigenvalue weighted by Crippen LogP contribution is 2.15. The molecule has 0 unspecified atom stereocenters. The minimum absolute atomic E-state index is 0.507. The lowest BCUT2D eigenvalue weighted by atomic mass is 10.1. The summed E-state index contributed by atoms with van der Waals surface area (Å²) in [5.41, 5.74) is 2.90. The van der Waals surface area contributed by atoms with Gasteiger partial charge in [-0.25, -0.2) is 4.98 Å². The molecular weight excluding hydrogens is 310 g/mol. The van der Waals surface area contributed by atoms with Crippen molar-refractivity contribution in [3.05, 3.63) is 51.5 Å². The Hall–Kier alpha value is -1.69. The quantitative estimate of drug-likeness (QED) is 0.746. The van der Waals surface area contributed by atoms with Gasteiger partial charge in [-0.3, -0.25) is 0 Å². The summed E-state index contributed by atoms with van der Waals surface area (Å²) in [5, 5.41) is 13.2. The van der Waals surface area contributed by atoms with Crippen LogP contribution in [0.2, 0.25) is 0 Å². The zero-order chi connectivity index (χ0) is 16.7. The van der Waals surface area contributed by atoms with Gasteiger partial charge in [-0.2, -0.15) is 0 Å². The summed E-state index contributed by atoms with van der Waals surface area (Å²) in [5.74, 6) is 0.835. The van der Waals surface area contributed by atoms with Gasteiger partial charge in [0.2, 0.25) is 0 Å². The number of thiazole rings is 1. The van der Waals surface area contributed by atoms with Gasteiger partial charge in [-0.15, -0.1) is 11.3 Å². The summed E-state index contributed by atoms with van der Waals surface area (Å²) in [4.78, 5) is 4.37. The van der Waals surface area contributed by atoms with Crippen molar-refractivity contribution in [2.24, 2.45) is 0 Å². The van der Waals surface area contributed by atoms with E-state index in [1.807, 2.05) is 49.6 Å². The monoisotopic (exact) mass is 333 g/mol. The molecule has 1 heterocycles. The zero-order valence-electron chi connectivity index (χ0n) is 13.8. The second-order valence-electron chi connectivity index (χ2n) is 5.38. The predicted molar refractivity (Wildman–Crippen MR) is 93.8 cm³/mol. The minimum Gasteiger partial charge on any atom is -0.497 e. The van der Waals surface area contributed by atoms with Gasteiger partial charge in [0, 0.05) is 18.4 Å². The summed E-state index contributed by atoms with van der Waals surface area (Å²) < 4.78 is 10.7. The van der Waals surface area contributed by atoms with Crippen LogP contribution in [-0.2, 0) is 11.3 Å². The third-order valence-electron chi connectivity index (χ3n) is 3.50. The average molecular weight is 333 g/mol. The Morgan fingerprint density at radius 3 is 2.70 bits per heavy atom. The van der Waals surface area contributed by atoms with Crippen molar-refractivity contribution >= 4 is 17.4 Å². The number of nitrogens with zero attached hydrogens (tertiary/aromatic N) is 1. The van der Waals surface area contributed by atoms with Gasteiger partial charge in [0.1, 0.15) is 5.75 Å². The van der Waals surface area contributed by atoms with E-state index < -0.39 is 6.10 Å². The number of aryl methyl sites for hydroxylation is 1. The molecule has 0 radical (unpaired) electrons. The molecule has 0 aliphatic rings. The number of rotatable bonds is 8. The fourth-order valence-corrected chi connectivity index (χ4v) is 2.68. The van der Waals surface area contributed by atoms with Gasteiger partial charge in [0.25, 0.3) is 0 Å². The van der Waals surface area contributed by atoms with Gasteiger partial charge >= 0.3 is 0 Å². The number of hydrogen-bond acceptors (Lipinski definition) is 5. The first kappa shape index (κ1) is 17.7. The SMILES string of the molecule is COc1ccc(COCC[C@H](O)/C(C)=C/c2csc(C)n2)cc1. The highest BCUT2D eigenvalue weighted by atomic mass is 32.1. The van der Waals surface area contributed by atoms with E-state index in [1.165, 1.54) is 0 Å². The Bertz CT molecular complexity index is 634. The van der Waals surface area contributed by atoms with E-state index in [-0.39, 0.29) is 0 Å². The smallest absolute Gasteiger partial charge is 0.118 e. The molecule has 0 bridgehead atoms. The molecule has 5 heteroatoms. The largest absolute Gasteiger partial charge is 0.497 e. The maximum Gasteiger partial charge on any atom is 0.118 e. The normalized spacial score (nSPS) is 13.1. The molecule has 0 fully saturated rings. The molecule has 4 nitrogen and oxygen atoms in total. The van der Waals surface area contributed by atoms with Crippen molar-refractivity contribution in [2.45, 2.75) is 33.0 Å². The maximum atomic E-state index is 10.2. The molecule has 0 aliphatic heterocycles. The topological polar surface area (TPSA) is 51.6 Å². The molecule has 1 N–H and O–H groups in total. The molecular formula is C18H23NO3S. The van der Waals surface area contributed by atoms with Crippen LogP contribution in [0.3, 0.4) is 0 Å². The molecule has 2 rings (SSSR count). The fraction of sp³-hybridized carbons (Fsp3) is 0.389. The van der Waals surface area contributed by atoms with Crippen molar-refractivity contribution in [1.29, 1.82) is 0 Å². The van der Waals surface area contributed by atoms with Crippen LogP contribution >= 0.6 is 11.3 Å². The highest BCUT2D eigenvalue weighted by Gasteiger charge is 2.07. The molecule has 1 atom stereocenters. The Labute approximate surface area is 141 Å². The van der Waals surface area contributed by atoms with E-state index in [0.717, 1.165) is 27.6 Å². The fourth-order valence-electron chi connectivity index (χ4n) is 2.11. The lowest BCUT2D eigenvalue weighted by molar-refractivity contribution is 0.0854. The van der Waals surface area contributed by atoms with Crippen molar-refractivity contribution in [3.8, 4) is 5.75 Å². The highest BCUT2D eigenvalue weighted by molar-refractivity contribution is 7.09. The van der Waals surface area contributed by atoms with Crippen LogP contribution in [0.15, 0.2) is 35.2 Å². The lowest BCUT2D eigenvalue weighted by Crippen LogP contribution is -2.12. The Balaban J connectivity index is 1.73. The summed E-state index contributed by atoms with van der Waals surface area (Å²) in [6.45, 7) is 4.93. The van der Waals surface area contributed by atoms with Gasteiger partial charge in [-0.1, -0.05) is 12.1 Å². The summed E-state index contributed by atoms with van der Waals surface area (Å²) >= 11 is 1.61.